The van der Waals surface area contributed by atoms with Gasteiger partial charge < -0.3 is 11.5 Å². The van der Waals surface area contributed by atoms with Crippen LogP contribution in [0, 0.1) is 0 Å². The zero-order valence-electron chi connectivity index (χ0n) is 5.62. The molecule has 0 aliphatic carbocycles. The molecule has 6 heteroatoms. The van der Waals surface area contributed by atoms with Crippen molar-refractivity contribution in [3.8, 4) is 0 Å². The fourth-order valence-corrected chi connectivity index (χ4v) is 1.40. The van der Waals surface area contributed by atoms with Gasteiger partial charge in [0.05, 0.1) is 5.21 Å². The normalized spacial score (nSPS) is 9.91. The molecule has 4 N–H and O–H groups in total. The number of halogens is 1. The highest BCUT2D eigenvalue weighted by Crippen LogP contribution is 2.18. The predicted octanol–water partition coefficient (Wildman–Crippen LogP) is 0.929. The van der Waals surface area contributed by atoms with Crippen LogP contribution in [0.3, 0.4) is 0 Å². The molecule has 0 amide bonds. The number of nitrogen functional groups attached to an aromatic ring is 2. The van der Waals surface area contributed by atoms with E-state index in [1.165, 1.54) is 11.8 Å². The van der Waals surface area contributed by atoms with Crippen LogP contribution in [0.5, 0.6) is 0 Å². The lowest BCUT2D eigenvalue weighted by atomic mass is 10.6. The van der Waals surface area contributed by atoms with Gasteiger partial charge in [0, 0.05) is 6.07 Å². The van der Waals surface area contributed by atoms with E-state index in [0.717, 1.165) is 0 Å². The average Bonchev–Trinajstić information content (AvgIpc) is 1.85. The van der Waals surface area contributed by atoms with Crippen molar-refractivity contribution in [3.63, 3.8) is 0 Å². The summed E-state index contributed by atoms with van der Waals surface area (Å²) in [4.78, 5) is 7.59. The second-order valence-electron chi connectivity index (χ2n) is 1.74. The van der Waals surface area contributed by atoms with Gasteiger partial charge in [-0.25, -0.2) is 4.98 Å². The third-order valence-electron chi connectivity index (χ3n) is 0.942. The fourth-order valence-electron chi connectivity index (χ4n) is 0.591. The molecule has 0 bridgehead atoms. The minimum absolute atomic E-state index is 0.178. The van der Waals surface area contributed by atoms with Gasteiger partial charge in [-0.15, -0.1) is 11.6 Å². The van der Waals surface area contributed by atoms with E-state index in [0.29, 0.717) is 16.1 Å². The van der Waals surface area contributed by atoms with Crippen LogP contribution in [0.25, 0.3) is 0 Å². The zero-order valence-corrected chi connectivity index (χ0v) is 7.19. The molecular formula is C5H7ClN4S. The summed E-state index contributed by atoms with van der Waals surface area (Å²) in [6.45, 7) is 0. The van der Waals surface area contributed by atoms with E-state index < -0.39 is 0 Å². The first kappa shape index (κ1) is 8.42. The van der Waals surface area contributed by atoms with E-state index in [2.05, 4.69) is 9.97 Å². The van der Waals surface area contributed by atoms with E-state index in [-0.39, 0.29) is 5.95 Å². The highest BCUT2D eigenvalue weighted by Gasteiger charge is 1.98. The van der Waals surface area contributed by atoms with Gasteiger partial charge in [0.25, 0.3) is 0 Å². The number of aromatic nitrogens is 2. The van der Waals surface area contributed by atoms with Gasteiger partial charge in [-0.3, -0.25) is 0 Å². The lowest BCUT2D eigenvalue weighted by Gasteiger charge is -1.98. The Labute approximate surface area is 73.3 Å². The molecule has 0 saturated heterocycles. The van der Waals surface area contributed by atoms with Gasteiger partial charge in [-0.1, -0.05) is 11.8 Å². The molecule has 0 aromatic carbocycles. The van der Waals surface area contributed by atoms with Crippen LogP contribution in [0.1, 0.15) is 0 Å². The molecule has 0 fully saturated rings. The zero-order chi connectivity index (χ0) is 8.27. The van der Waals surface area contributed by atoms with Crippen molar-refractivity contribution in [1.29, 1.82) is 0 Å². The van der Waals surface area contributed by atoms with Crippen LogP contribution >= 0.6 is 23.4 Å². The first-order valence-corrected chi connectivity index (χ1v) is 4.33. The maximum atomic E-state index is 5.46. The molecule has 0 spiro atoms. The molecule has 1 aromatic rings. The van der Waals surface area contributed by atoms with Gasteiger partial charge in [0.15, 0.2) is 0 Å². The van der Waals surface area contributed by atoms with Crippen LogP contribution in [0.4, 0.5) is 11.8 Å². The van der Waals surface area contributed by atoms with E-state index in [1.54, 1.807) is 6.07 Å². The number of thioether (sulfide) groups is 1. The van der Waals surface area contributed by atoms with E-state index in [4.69, 9.17) is 23.1 Å². The van der Waals surface area contributed by atoms with Crippen molar-refractivity contribution in [2.24, 2.45) is 0 Å². The largest absolute Gasteiger partial charge is 0.383 e. The fraction of sp³-hybridized carbons (Fsp3) is 0.200. The van der Waals surface area contributed by atoms with Crippen molar-refractivity contribution < 1.29 is 0 Å². The summed E-state index contributed by atoms with van der Waals surface area (Å²) < 4.78 is 0. The van der Waals surface area contributed by atoms with Crippen molar-refractivity contribution in [3.05, 3.63) is 6.07 Å². The van der Waals surface area contributed by atoms with E-state index in [1.807, 2.05) is 0 Å². The lowest BCUT2D eigenvalue weighted by molar-refractivity contribution is 1.08. The summed E-state index contributed by atoms with van der Waals surface area (Å²) in [5.74, 6) is 0.544. The number of anilines is 2. The SMILES string of the molecule is Nc1cc(SCCl)nc(N)n1. The Bertz CT molecular complexity index is 234. The van der Waals surface area contributed by atoms with Gasteiger partial charge in [0.1, 0.15) is 10.8 Å². The molecule has 60 valence electrons. The number of hydrogen-bond donors (Lipinski definition) is 2. The number of hydrogen-bond acceptors (Lipinski definition) is 5. The average molecular weight is 191 g/mol. The quantitative estimate of drug-likeness (QED) is 0.412. The van der Waals surface area contributed by atoms with Crippen LogP contribution in [-0.2, 0) is 0 Å². The summed E-state index contributed by atoms with van der Waals surface area (Å²) in [6, 6.07) is 1.63. The Kier molecular flexibility index (Phi) is 2.78. The Morgan fingerprint density at radius 1 is 1.45 bits per heavy atom. The maximum Gasteiger partial charge on any atom is 0.223 e. The number of alkyl halides is 1. The van der Waals surface area contributed by atoms with Gasteiger partial charge in [0.2, 0.25) is 5.95 Å². The molecule has 0 aliphatic heterocycles. The molecule has 0 radical (unpaired) electrons. The molecule has 0 aliphatic rings. The highest BCUT2D eigenvalue weighted by atomic mass is 35.5. The minimum Gasteiger partial charge on any atom is -0.383 e. The van der Waals surface area contributed by atoms with Crippen LogP contribution in [-0.4, -0.2) is 15.2 Å². The van der Waals surface area contributed by atoms with E-state index in [9.17, 15) is 0 Å². The third kappa shape index (κ3) is 2.44. The number of nitrogens with zero attached hydrogens (tertiary/aromatic N) is 2. The lowest BCUT2D eigenvalue weighted by Crippen LogP contribution is -1.99. The third-order valence-corrected chi connectivity index (χ3v) is 1.88. The first-order valence-electron chi connectivity index (χ1n) is 2.81. The van der Waals surface area contributed by atoms with Gasteiger partial charge >= 0.3 is 0 Å². The van der Waals surface area contributed by atoms with Gasteiger partial charge in [-0.2, -0.15) is 4.98 Å². The molecule has 0 saturated carbocycles. The summed E-state index contributed by atoms with van der Waals surface area (Å²) in [7, 11) is 0. The summed E-state index contributed by atoms with van der Waals surface area (Å²) >= 11 is 6.82. The van der Waals surface area contributed by atoms with Crippen molar-refractivity contribution >= 4 is 35.1 Å². The minimum atomic E-state index is 0.178. The van der Waals surface area contributed by atoms with E-state index >= 15 is 0 Å². The Balaban J connectivity index is 2.89. The smallest absolute Gasteiger partial charge is 0.223 e. The number of nitrogens with two attached hydrogens (primary N) is 2. The van der Waals surface area contributed by atoms with Gasteiger partial charge in [-0.05, 0) is 0 Å². The first-order chi connectivity index (χ1) is 5.22. The molecular weight excluding hydrogens is 184 g/mol. The molecule has 11 heavy (non-hydrogen) atoms. The Hall–Kier alpha value is -0.680. The van der Waals surface area contributed by atoms with Crippen molar-refractivity contribution in [1.82, 2.24) is 9.97 Å². The monoisotopic (exact) mass is 190 g/mol. The molecule has 0 atom stereocenters. The molecule has 0 unspecified atom stereocenters. The maximum absolute atomic E-state index is 5.46. The Morgan fingerprint density at radius 2 is 2.18 bits per heavy atom. The second kappa shape index (κ2) is 3.64. The van der Waals surface area contributed by atoms with Crippen molar-refractivity contribution in [2.75, 3.05) is 16.7 Å². The topological polar surface area (TPSA) is 77.8 Å². The highest BCUT2D eigenvalue weighted by molar-refractivity contribution is 8.00. The van der Waals surface area contributed by atoms with Crippen molar-refractivity contribution in [2.45, 2.75) is 5.03 Å². The molecule has 1 rings (SSSR count). The summed E-state index contributed by atoms with van der Waals surface area (Å²) in [5.41, 5.74) is 10.7. The van der Waals surface area contributed by atoms with Crippen LogP contribution < -0.4 is 11.5 Å². The second-order valence-corrected chi connectivity index (χ2v) is 3.32. The van der Waals surface area contributed by atoms with Crippen LogP contribution in [0.2, 0.25) is 0 Å². The predicted molar refractivity (Wildman–Crippen MR) is 47.4 cm³/mol. The van der Waals surface area contributed by atoms with Crippen LogP contribution in [0.15, 0.2) is 11.1 Å². The number of rotatable bonds is 2. The molecule has 1 aromatic heterocycles. The Morgan fingerprint density at radius 3 is 2.73 bits per heavy atom. The standard InChI is InChI=1S/C5H7ClN4S/c6-2-11-4-1-3(7)9-5(8)10-4/h1H,2H2,(H4,7,8,9,10). The molecule has 4 nitrogen and oxygen atoms in total. The summed E-state index contributed by atoms with van der Waals surface area (Å²) in [5, 5.41) is 1.13. The molecule has 1 heterocycles. The summed E-state index contributed by atoms with van der Waals surface area (Å²) in [6.07, 6.45) is 0.